The Kier molecular flexibility index (Phi) is 2.37. The number of hydrogen-bond acceptors (Lipinski definition) is 2. The highest BCUT2D eigenvalue weighted by Crippen LogP contribution is 2.29. The second-order valence-corrected chi connectivity index (χ2v) is 4.44. The zero-order valence-electron chi connectivity index (χ0n) is 8.21. The van der Waals surface area contributed by atoms with Gasteiger partial charge in [-0.05, 0) is 52.2 Å². The summed E-state index contributed by atoms with van der Waals surface area (Å²) in [6, 6.07) is 1.64. The molecular weight excluding hydrogens is 148 g/mol. The second kappa shape index (κ2) is 3.35. The summed E-state index contributed by atoms with van der Waals surface area (Å²) in [6.45, 7) is 8.46. The predicted molar refractivity (Wildman–Crippen MR) is 51.2 cm³/mol. The van der Waals surface area contributed by atoms with Gasteiger partial charge in [-0.2, -0.15) is 0 Å². The molecule has 2 unspecified atom stereocenters. The molecule has 0 spiro atoms. The van der Waals surface area contributed by atoms with E-state index in [1.54, 1.807) is 0 Å². The van der Waals surface area contributed by atoms with Gasteiger partial charge >= 0.3 is 0 Å². The van der Waals surface area contributed by atoms with Gasteiger partial charge in [-0.25, -0.2) is 0 Å². The molecule has 0 amide bonds. The van der Waals surface area contributed by atoms with Crippen molar-refractivity contribution in [2.24, 2.45) is 5.92 Å². The molecule has 0 radical (unpaired) electrons. The van der Waals surface area contributed by atoms with Crippen LogP contribution in [0.25, 0.3) is 0 Å². The molecule has 0 aromatic rings. The summed E-state index contributed by atoms with van der Waals surface area (Å²) < 4.78 is 0. The molecule has 2 atom stereocenters. The molecule has 70 valence electrons. The molecule has 2 aliphatic rings. The van der Waals surface area contributed by atoms with Crippen LogP contribution in [0.4, 0.5) is 0 Å². The van der Waals surface area contributed by atoms with E-state index < -0.39 is 0 Å². The maximum absolute atomic E-state index is 3.49. The first-order chi connectivity index (χ1) is 5.79. The Morgan fingerprint density at radius 2 is 2.17 bits per heavy atom. The van der Waals surface area contributed by atoms with Crippen molar-refractivity contribution in [1.82, 2.24) is 10.2 Å². The van der Waals surface area contributed by atoms with Crippen molar-refractivity contribution in [2.75, 3.05) is 19.6 Å². The Labute approximate surface area is 75.3 Å². The summed E-state index contributed by atoms with van der Waals surface area (Å²) in [4.78, 5) is 2.69. The van der Waals surface area contributed by atoms with Crippen LogP contribution in [0.5, 0.6) is 0 Å². The number of piperidine rings is 1. The van der Waals surface area contributed by atoms with Gasteiger partial charge in [-0.1, -0.05) is 0 Å². The Balaban J connectivity index is 2.01. The number of nitrogens with one attached hydrogen (secondary N) is 1. The van der Waals surface area contributed by atoms with E-state index in [-0.39, 0.29) is 0 Å². The van der Waals surface area contributed by atoms with Crippen LogP contribution in [-0.2, 0) is 0 Å². The van der Waals surface area contributed by atoms with Gasteiger partial charge < -0.3 is 5.32 Å². The maximum Gasteiger partial charge on any atom is 0.0151 e. The van der Waals surface area contributed by atoms with Crippen molar-refractivity contribution in [3.63, 3.8) is 0 Å². The zero-order valence-corrected chi connectivity index (χ0v) is 8.21. The van der Waals surface area contributed by atoms with Gasteiger partial charge in [0.15, 0.2) is 0 Å². The molecule has 0 saturated carbocycles. The predicted octanol–water partition coefficient (Wildman–Crippen LogP) is 1.08. The number of likely N-dealkylation sites (tertiary alicyclic amines) is 1. The van der Waals surface area contributed by atoms with Crippen molar-refractivity contribution in [3.8, 4) is 0 Å². The lowest BCUT2D eigenvalue weighted by Gasteiger charge is -2.34. The fourth-order valence-electron chi connectivity index (χ4n) is 2.76. The first kappa shape index (κ1) is 8.52. The average Bonchev–Trinajstić information content (AvgIpc) is 2.47. The Hall–Kier alpha value is -0.0800. The standard InChI is InChI=1S/C10H20N2/c1-8(2)12-6-4-9-7-11-5-3-10(9)12/h8-11H,3-7H2,1-2H3. The molecular formula is C10H20N2. The quantitative estimate of drug-likeness (QED) is 0.630. The van der Waals surface area contributed by atoms with Crippen LogP contribution in [0.2, 0.25) is 0 Å². The molecule has 2 aliphatic heterocycles. The summed E-state index contributed by atoms with van der Waals surface area (Å²) in [6.07, 6.45) is 2.78. The molecule has 12 heavy (non-hydrogen) atoms. The van der Waals surface area contributed by atoms with E-state index in [1.807, 2.05) is 0 Å². The Morgan fingerprint density at radius 1 is 1.33 bits per heavy atom. The normalized spacial score (nSPS) is 37.2. The molecule has 2 fully saturated rings. The number of fused-ring (bicyclic) bond motifs is 1. The monoisotopic (exact) mass is 168 g/mol. The van der Waals surface area contributed by atoms with Gasteiger partial charge in [-0.3, -0.25) is 4.90 Å². The first-order valence-electron chi connectivity index (χ1n) is 5.25. The maximum atomic E-state index is 3.49. The summed E-state index contributed by atoms with van der Waals surface area (Å²) in [5.74, 6) is 0.946. The van der Waals surface area contributed by atoms with Crippen molar-refractivity contribution >= 4 is 0 Å². The minimum atomic E-state index is 0.748. The highest BCUT2D eigenvalue weighted by Gasteiger charge is 2.36. The van der Waals surface area contributed by atoms with E-state index in [4.69, 9.17) is 0 Å². The van der Waals surface area contributed by atoms with Crippen molar-refractivity contribution in [1.29, 1.82) is 0 Å². The third-order valence-electron chi connectivity index (χ3n) is 3.41. The fraction of sp³-hybridized carbons (Fsp3) is 1.00. The van der Waals surface area contributed by atoms with Crippen molar-refractivity contribution in [2.45, 2.75) is 38.8 Å². The molecule has 2 nitrogen and oxygen atoms in total. The highest BCUT2D eigenvalue weighted by atomic mass is 15.2. The molecule has 2 heteroatoms. The Bertz CT molecular complexity index is 156. The number of nitrogens with zero attached hydrogens (tertiary/aromatic N) is 1. The van der Waals surface area contributed by atoms with Crippen LogP contribution < -0.4 is 5.32 Å². The van der Waals surface area contributed by atoms with E-state index in [0.717, 1.165) is 18.0 Å². The third-order valence-corrected chi connectivity index (χ3v) is 3.41. The molecule has 0 aliphatic carbocycles. The summed E-state index contributed by atoms with van der Waals surface area (Å²) >= 11 is 0. The lowest BCUT2D eigenvalue weighted by Crippen LogP contribution is -2.45. The highest BCUT2D eigenvalue weighted by molar-refractivity contribution is 4.92. The van der Waals surface area contributed by atoms with Gasteiger partial charge in [0.05, 0.1) is 0 Å². The van der Waals surface area contributed by atoms with Crippen LogP contribution in [-0.4, -0.2) is 36.6 Å². The molecule has 0 aromatic heterocycles. The lowest BCUT2D eigenvalue weighted by atomic mass is 9.94. The first-order valence-corrected chi connectivity index (χ1v) is 5.25. The molecule has 2 heterocycles. The van der Waals surface area contributed by atoms with Crippen molar-refractivity contribution in [3.05, 3.63) is 0 Å². The summed E-state index contributed by atoms with van der Waals surface area (Å²) in [7, 11) is 0. The van der Waals surface area contributed by atoms with Crippen molar-refractivity contribution < 1.29 is 0 Å². The topological polar surface area (TPSA) is 15.3 Å². The second-order valence-electron chi connectivity index (χ2n) is 4.44. The van der Waals surface area contributed by atoms with Crippen LogP contribution >= 0.6 is 0 Å². The minimum Gasteiger partial charge on any atom is -0.316 e. The van der Waals surface area contributed by atoms with Crippen LogP contribution in [0, 0.1) is 5.92 Å². The minimum absolute atomic E-state index is 0.748. The van der Waals surface area contributed by atoms with E-state index >= 15 is 0 Å². The van der Waals surface area contributed by atoms with Gasteiger partial charge in [-0.15, -0.1) is 0 Å². The third kappa shape index (κ3) is 1.38. The molecule has 2 saturated heterocycles. The van der Waals surface area contributed by atoms with Crippen LogP contribution in [0.1, 0.15) is 26.7 Å². The van der Waals surface area contributed by atoms with Gasteiger partial charge in [0.25, 0.3) is 0 Å². The largest absolute Gasteiger partial charge is 0.316 e. The molecule has 0 bridgehead atoms. The number of rotatable bonds is 1. The van der Waals surface area contributed by atoms with E-state index in [9.17, 15) is 0 Å². The van der Waals surface area contributed by atoms with Gasteiger partial charge in [0.2, 0.25) is 0 Å². The smallest absolute Gasteiger partial charge is 0.0151 e. The lowest BCUT2D eigenvalue weighted by molar-refractivity contribution is 0.156. The SMILES string of the molecule is CC(C)N1CCC2CNCCC21. The molecule has 2 rings (SSSR count). The summed E-state index contributed by atoms with van der Waals surface area (Å²) in [5, 5.41) is 3.49. The average molecular weight is 168 g/mol. The van der Waals surface area contributed by atoms with Gasteiger partial charge in [0.1, 0.15) is 0 Å². The van der Waals surface area contributed by atoms with E-state index in [2.05, 4.69) is 24.1 Å². The van der Waals surface area contributed by atoms with Gasteiger partial charge in [0, 0.05) is 12.1 Å². The molecule has 0 aromatic carbocycles. The van der Waals surface area contributed by atoms with Crippen LogP contribution in [0.15, 0.2) is 0 Å². The van der Waals surface area contributed by atoms with E-state index in [0.29, 0.717) is 0 Å². The molecule has 1 N–H and O–H groups in total. The van der Waals surface area contributed by atoms with Crippen LogP contribution in [0.3, 0.4) is 0 Å². The summed E-state index contributed by atoms with van der Waals surface area (Å²) in [5.41, 5.74) is 0. The Morgan fingerprint density at radius 3 is 2.92 bits per heavy atom. The van der Waals surface area contributed by atoms with E-state index in [1.165, 1.54) is 32.5 Å². The zero-order chi connectivity index (χ0) is 8.55. The number of hydrogen-bond donors (Lipinski definition) is 1. The fourth-order valence-corrected chi connectivity index (χ4v) is 2.76.